The van der Waals surface area contributed by atoms with E-state index in [9.17, 15) is 34.8 Å². The van der Waals surface area contributed by atoms with E-state index in [-0.39, 0.29) is 25.0 Å². The molecular formula is C38H67NO14. The summed E-state index contributed by atoms with van der Waals surface area (Å²) >= 11 is 0. The number of cyclic esters (lactones) is 1. The van der Waals surface area contributed by atoms with Crippen LogP contribution in [0, 0.1) is 23.7 Å². The quantitative estimate of drug-likeness (QED) is 0.196. The lowest BCUT2D eigenvalue weighted by Crippen LogP contribution is -2.61. The fraction of sp³-hybridized carbons (Fsp3) is 0.921. The molecule has 3 heterocycles. The number of Topliss-reactive ketones (excluding diaryl/α,β-unsaturated/α-hetero) is 1. The van der Waals surface area contributed by atoms with E-state index < -0.39 is 114 Å². The summed E-state index contributed by atoms with van der Waals surface area (Å²) in [6.07, 6.45) is -9.27. The normalized spacial score (nSPS) is 48.1. The van der Waals surface area contributed by atoms with Gasteiger partial charge in [-0.1, -0.05) is 27.7 Å². The molecule has 18 atom stereocenters. The molecule has 53 heavy (non-hydrogen) atoms. The monoisotopic (exact) mass is 761 g/mol. The number of aliphatic hydroxyl groups is 4. The summed E-state index contributed by atoms with van der Waals surface area (Å²) in [4.78, 5) is 41.3. The Bertz CT molecular complexity index is 1240. The number of ether oxygens (including phenoxy) is 7. The van der Waals surface area contributed by atoms with E-state index in [4.69, 9.17) is 33.2 Å². The van der Waals surface area contributed by atoms with Gasteiger partial charge in [0.05, 0.1) is 53.7 Å². The van der Waals surface area contributed by atoms with E-state index in [2.05, 4.69) is 0 Å². The van der Waals surface area contributed by atoms with Crippen LogP contribution in [-0.4, -0.2) is 149 Å². The highest BCUT2D eigenvalue weighted by molar-refractivity contribution is 5.83. The molecule has 0 aliphatic carbocycles. The number of aliphatic hydroxyl groups excluding tert-OH is 3. The molecule has 0 aromatic carbocycles. The summed E-state index contributed by atoms with van der Waals surface area (Å²) < 4.78 is 43.6. The van der Waals surface area contributed by atoms with Gasteiger partial charge in [0.1, 0.15) is 29.7 Å². The highest BCUT2D eigenvalue weighted by Gasteiger charge is 2.54. The molecule has 0 saturated carbocycles. The fourth-order valence-electron chi connectivity index (χ4n) is 8.55. The van der Waals surface area contributed by atoms with Crippen molar-refractivity contribution in [3.05, 3.63) is 0 Å². The van der Waals surface area contributed by atoms with Gasteiger partial charge in [-0.05, 0) is 60.8 Å². The van der Waals surface area contributed by atoms with Gasteiger partial charge in [0.2, 0.25) is 6.41 Å². The first kappa shape index (κ1) is 45.6. The largest absolute Gasteiger partial charge is 0.459 e. The Labute approximate surface area is 314 Å². The molecule has 3 rings (SSSR count). The van der Waals surface area contributed by atoms with E-state index >= 15 is 0 Å². The fourth-order valence-corrected chi connectivity index (χ4v) is 8.55. The van der Waals surface area contributed by atoms with Crippen molar-refractivity contribution >= 4 is 18.2 Å². The van der Waals surface area contributed by atoms with Gasteiger partial charge in [0, 0.05) is 45.4 Å². The Balaban J connectivity index is 2.23. The summed E-state index contributed by atoms with van der Waals surface area (Å²) in [5, 5.41) is 45.5. The van der Waals surface area contributed by atoms with E-state index in [1.54, 1.807) is 62.4 Å². The number of nitrogens with zero attached hydrogens (tertiary/aromatic N) is 1. The summed E-state index contributed by atoms with van der Waals surface area (Å²) in [6.45, 7) is 16.7. The number of rotatable bonds is 9. The maximum atomic E-state index is 14.2. The molecule has 3 aliphatic rings. The van der Waals surface area contributed by atoms with Gasteiger partial charge in [0.15, 0.2) is 12.6 Å². The Morgan fingerprint density at radius 3 is 2.04 bits per heavy atom. The number of esters is 1. The second-order valence-electron chi connectivity index (χ2n) is 16.4. The van der Waals surface area contributed by atoms with Crippen LogP contribution in [0.2, 0.25) is 0 Å². The molecule has 1 amide bonds. The van der Waals surface area contributed by atoms with Crippen LogP contribution in [0.25, 0.3) is 0 Å². The number of carbonyl (C=O) groups is 3. The van der Waals surface area contributed by atoms with Crippen LogP contribution in [0.3, 0.4) is 0 Å². The molecule has 0 aromatic heterocycles. The Kier molecular flexibility index (Phi) is 15.5. The zero-order valence-electron chi connectivity index (χ0n) is 33.9. The third-order valence-corrected chi connectivity index (χ3v) is 12.3. The first-order valence-electron chi connectivity index (χ1n) is 18.9. The number of hydrogen-bond donors (Lipinski definition) is 4. The van der Waals surface area contributed by atoms with Gasteiger partial charge in [-0.25, -0.2) is 0 Å². The van der Waals surface area contributed by atoms with Crippen molar-refractivity contribution in [3.8, 4) is 0 Å². The Hall–Kier alpha value is -1.79. The number of amides is 1. The molecule has 0 radical (unpaired) electrons. The topological polar surface area (TPSA) is 200 Å². The summed E-state index contributed by atoms with van der Waals surface area (Å²) in [7, 11) is 4.51. The van der Waals surface area contributed by atoms with Crippen LogP contribution < -0.4 is 0 Å². The second-order valence-corrected chi connectivity index (χ2v) is 16.4. The number of hydrogen-bond acceptors (Lipinski definition) is 14. The van der Waals surface area contributed by atoms with Gasteiger partial charge in [-0.2, -0.15) is 0 Å². The van der Waals surface area contributed by atoms with E-state index in [1.807, 2.05) is 0 Å². The molecule has 0 bridgehead atoms. The lowest BCUT2D eigenvalue weighted by Gasteiger charge is -2.49. The van der Waals surface area contributed by atoms with Crippen LogP contribution in [0.15, 0.2) is 0 Å². The SMILES string of the molecule is CC[C@H]1OC(=O)[C@H](C)[C@@H](O[C@H]2C[C@](C)(OC)[C@@H](O)C(C)O2)[C@H](C)[C@@H](O[C@@H]2OC(C)C[C@@H](N(C)C=O)C2O)[C@](C)(OC)C[C@@H](C)C(=O)[C@H](C)[C@@H](O)[C@]1(C)O. The summed E-state index contributed by atoms with van der Waals surface area (Å²) in [5.74, 6) is -4.74. The molecule has 4 N–H and O–H groups in total. The molecular weight excluding hydrogens is 694 g/mol. The van der Waals surface area contributed by atoms with Crippen LogP contribution in [-0.2, 0) is 47.5 Å². The predicted molar refractivity (Wildman–Crippen MR) is 191 cm³/mol. The molecule has 3 saturated heterocycles. The van der Waals surface area contributed by atoms with Gasteiger partial charge in [0.25, 0.3) is 0 Å². The molecule has 15 nitrogen and oxygen atoms in total. The maximum Gasteiger partial charge on any atom is 0.311 e. The molecule has 3 unspecified atom stereocenters. The minimum atomic E-state index is -1.99. The molecule has 3 aliphatic heterocycles. The second kappa shape index (κ2) is 18.0. The lowest BCUT2D eigenvalue weighted by atomic mass is 9.74. The van der Waals surface area contributed by atoms with Crippen LogP contribution in [0.1, 0.15) is 94.9 Å². The smallest absolute Gasteiger partial charge is 0.311 e. The van der Waals surface area contributed by atoms with Crippen molar-refractivity contribution in [1.29, 1.82) is 0 Å². The van der Waals surface area contributed by atoms with Crippen molar-refractivity contribution in [2.45, 2.75) is 179 Å². The Morgan fingerprint density at radius 1 is 0.887 bits per heavy atom. The van der Waals surface area contributed by atoms with Gasteiger partial charge < -0.3 is 58.5 Å². The van der Waals surface area contributed by atoms with Crippen LogP contribution >= 0.6 is 0 Å². The van der Waals surface area contributed by atoms with Crippen LogP contribution in [0.4, 0.5) is 0 Å². The average Bonchev–Trinajstić information content (AvgIpc) is 3.12. The lowest BCUT2D eigenvalue weighted by molar-refractivity contribution is -0.319. The number of likely N-dealkylation sites (N-methyl/N-ethyl adjacent to an activating group) is 1. The standard InChI is InChI=1S/C38H67NO14/c1-14-26-38(10,46)31(43)21(4)28(41)19(2)16-37(9,48-13)33(53-35-29(42)25(39(11)18-40)15-20(3)49-35)22(5)30(23(6)34(45)51-26)52-27-17-36(8,47-12)32(44)24(7)50-27/h18-27,29-33,35,42-44,46H,14-17H2,1-13H3/t19-,20?,21+,22+,23-,24?,25-,26-,27+,29?,30+,31-,32+,33-,35+,36+,37-,38-/m1/s1. The van der Waals surface area contributed by atoms with Gasteiger partial charge in [-0.3, -0.25) is 14.4 Å². The summed E-state index contributed by atoms with van der Waals surface area (Å²) in [5.41, 5.74) is -4.37. The zero-order valence-corrected chi connectivity index (χ0v) is 33.9. The zero-order chi connectivity index (χ0) is 40.4. The highest BCUT2D eigenvalue weighted by atomic mass is 16.7. The van der Waals surface area contributed by atoms with Crippen molar-refractivity contribution in [2.24, 2.45) is 23.7 Å². The number of methoxy groups -OCH3 is 2. The summed E-state index contributed by atoms with van der Waals surface area (Å²) in [6, 6.07) is -0.637. The molecule has 308 valence electrons. The number of carbonyl (C=O) groups excluding carboxylic acids is 3. The van der Waals surface area contributed by atoms with Crippen LogP contribution in [0.5, 0.6) is 0 Å². The van der Waals surface area contributed by atoms with Gasteiger partial charge >= 0.3 is 5.97 Å². The van der Waals surface area contributed by atoms with E-state index in [0.29, 0.717) is 12.8 Å². The third kappa shape index (κ3) is 9.61. The maximum absolute atomic E-state index is 14.2. The minimum absolute atomic E-state index is 0.0558. The first-order valence-corrected chi connectivity index (χ1v) is 18.9. The van der Waals surface area contributed by atoms with E-state index in [1.165, 1.54) is 33.0 Å². The first-order chi connectivity index (χ1) is 24.5. The number of ketones is 1. The molecule has 0 spiro atoms. The van der Waals surface area contributed by atoms with Crippen molar-refractivity contribution in [2.75, 3.05) is 21.3 Å². The van der Waals surface area contributed by atoms with Crippen molar-refractivity contribution in [3.63, 3.8) is 0 Å². The molecule has 0 aromatic rings. The molecule has 15 heteroatoms. The highest BCUT2D eigenvalue weighted by Crippen LogP contribution is 2.41. The Morgan fingerprint density at radius 2 is 1.49 bits per heavy atom. The van der Waals surface area contributed by atoms with Crippen molar-refractivity contribution < 1.29 is 68.0 Å². The third-order valence-electron chi connectivity index (χ3n) is 12.3. The minimum Gasteiger partial charge on any atom is -0.459 e. The van der Waals surface area contributed by atoms with E-state index in [0.717, 1.165) is 0 Å². The average molecular weight is 762 g/mol. The van der Waals surface area contributed by atoms with Gasteiger partial charge in [-0.15, -0.1) is 0 Å². The predicted octanol–water partition coefficient (Wildman–Crippen LogP) is 1.97. The van der Waals surface area contributed by atoms with Crippen molar-refractivity contribution in [1.82, 2.24) is 4.90 Å². The molecule has 3 fully saturated rings.